The number of hydrogen-bond acceptors (Lipinski definition) is 5. The first kappa shape index (κ1) is 21.9. The van der Waals surface area contributed by atoms with E-state index in [1.807, 2.05) is 0 Å². The average Bonchev–Trinajstić information content (AvgIpc) is 2.64. The number of nitriles is 1. The van der Waals surface area contributed by atoms with E-state index in [1.54, 1.807) is 6.07 Å². The van der Waals surface area contributed by atoms with E-state index in [1.165, 1.54) is 36.4 Å². The van der Waals surface area contributed by atoms with Gasteiger partial charge in [0.05, 0.1) is 16.1 Å². The van der Waals surface area contributed by atoms with E-state index in [0.29, 0.717) is 5.56 Å². The molecule has 0 atom stereocenters. The van der Waals surface area contributed by atoms with Gasteiger partial charge in [0.1, 0.15) is 11.6 Å². The number of amides is 1. The lowest BCUT2D eigenvalue weighted by molar-refractivity contribution is -0.137. The van der Waals surface area contributed by atoms with Gasteiger partial charge in [-0.05, 0) is 29.8 Å². The Balaban J connectivity index is 2.07. The van der Waals surface area contributed by atoms with Crippen LogP contribution in [0.5, 0.6) is 0 Å². The van der Waals surface area contributed by atoms with Gasteiger partial charge < -0.3 is 10.6 Å². The van der Waals surface area contributed by atoms with Crippen molar-refractivity contribution in [2.24, 2.45) is 5.14 Å². The maximum Gasteiger partial charge on any atom is 0.418 e. The molecule has 4 N–H and O–H groups in total. The van der Waals surface area contributed by atoms with Crippen LogP contribution < -0.4 is 15.8 Å². The molecule has 0 aliphatic rings. The number of sulfonamides is 1. The van der Waals surface area contributed by atoms with Crippen LogP contribution in [0.2, 0.25) is 0 Å². The molecular weight excluding hydrogens is 409 g/mol. The Bertz CT molecular complexity index is 1070. The summed E-state index contributed by atoms with van der Waals surface area (Å²) in [5.41, 5.74) is -1.32. The van der Waals surface area contributed by atoms with Crippen LogP contribution in [0.25, 0.3) is 0 Å². The molecule has 2 aromatic carbocycles. The third-order valence-corrected chi connectivity index (χ3v) is 4.58. The number of rotatable bonds is 6. The fraction of sp³-hybridized carbons (Fsp3) is 0.111. The molecule has 0 aliphatic carbocycles. The van der Waals surface area contributed by atoms with Crippen molar-refractivity contribution in [1.29, 1.82) is 5.26 Å². The quantitative estimate of drug-likeness (QED) is 0.485. The number of anilines is 1. The van der Waals surface area contributed by atoms with Gasteiger partial charge in [-0.1, -0.05) is 24.3 Å². The molecule has 0 saturated carbocycles. The molecule has 0 spiro atoms. The molecule has 152 valence electrons. The second kappa shape index (κ2) is 8.76. The molecule has 29 heavy (non-hydrogen) atoms. The molecule has 11 heteroatoms. The fourth-order valence-electron chi connectivity index (χ4n) is 2.25. The highest BCUT2D eigenvalue weighted by Crippen LogP contribution is 2.34. The van der Waals surface area contributed by atoms with Crippen LogP contribution in [-0.2, 0) is 27.5 Å². The minimum atomic E-state index is -4.66. The third-order valence-electron chi connectivity index (χ3n) is 3.65. The minimum Gasteiger partial charge on any atom is -0.386 e. The number of carbonyl (C=O) groups is 1. The van der Waals surface area contributed by atoms with Gasteiger partial charge in [0.15, 0.2) is 0 Å². The number of primary sulfonamides is 1. The Morgan fingerprint density at radius 3 is 2.31 bits per heavy atom. The number of nitrogens with two attached hydrogens (primary N) is 1. The maximum atomic E-state index is 13.0. The molecule has 0 fully saturated rings. The van der Waals surface area contributed by atoms with Crippen molar-refractivity contribution >= 4 is 21.6 Å². The van der Waals surface area contributed by atoms with E-state index in [4.69, 9.17) is 10.4 Å². The summed E-state index contributed by atoms with van der Waals surface area (Å²) in [6.07, 6.45) is -3.61. The van der Waals surface area contributed by atoms with Gasteiger partial charge >= 0.3 is 6.18 Å². The van der Waals surface area contributed by atoms with Crippen molar-refractivity contribution in [3.8, 4) is 6.07 Å². The molecule has 2 rings (SSSR count). The first-order valence-electron chi connectivity index (χ1n) is 7.95. The highest BCUT2D eigenvalue weighted by molar-refractivity contribution is 7.89. The molecule has 2 aromatic rings. The van der Waals surface area contributed by atoms with Gasteiger partial charge in [0, 0.05) is 12.7 Å². The molecule has 0 aliphatic heterocycles. The highest BCUT2D eigenvalue weighted by atomic mass is 32.2. The second-order valence-electron chi connectivity index (χ2n) is 5.74. The molecule has 0 heterocycles. The smallest absolute Gasteiger partial charge is 0.386 e. The van der Waals surface area contributed by atoms with Crippen molar-refractivity contribution in [3.05, 3.63) is 71.4 Å². The Morgan fingerprint density at radius 1 is 1.14 bits per heavy atom. The summed E-state index contributed by atoms with van der Waals surface area (Å²) in [7, 11) is -3.82. The Kier molecular flexibility index (Phi) is 6.63. The number of carbonyl (C=O) groups excluding carboxylic acids is 1. The summed E-state index contributed by atoms with van der Waals surface area (Å²) < 4.78 is 61.4. The summed E-state index contributed by atoms with van der Waals surface area (Å²) in [4.78, 5) is 12.1. The number of alkyl halides is 3. The maximum absolute atomic E-state index is 13.0. The van der Waals surface area contributed by atoms with Crippen molar-refractivity contribution in [2.45, 2.75) is 17.6 Å². The van der Waals surface area contributed by atoms with E-state index < -0.39 is 38.9 Å². The molecule has 1 amide bonds. The monoisotopic (exact) mass is 424 g/mol. The second-order valence-corrected chi connectivity index (χ2v) is 7.30. The number of para-hydroxylation sites is 1. The van der Waals surface area contributed by atoms with Crippen LogP contribution in [0.15, 0.2) is 65.2 Å². The lowest BCUT2D eigenvalue weighted by Gasteiger charge is -2.13. The average molecular weight is 424 g/mol. The summed E-state index contributed by atoms with van der Waals surface area (Å²) in [6.45, 7) is 0.127. The summed E-state index contributed by atoms with van der Waals surface area (Å²) in [5.74, 6) is -1.01. The van der Waals surface area contributed by atoms with Crippen LogP contribution in [-0.4, -0.2) is 14.3 Å². The van der Waals surface area contributed by atoms with E-state index >= 15 is 0 Å². The Hall–Kier alpha value is -3.36. The predicted molar refractivity (Wildman–Crippen MR) is 98.4 cm³/mol. The van der Waals surface area contributed by atoms with Crippen LogP contribution in [0.1, 0.15) is 11.1 Å². The van der Waals surface area contributed by atoms with Crippen molar-refractivity contribution in [3.63, 3.8) is 0 Å². The third kappa shape index (κ3) is 6.06. The zero-order valence-electron chi connectivity index (χ0n) is 14.7. The molecule has 0 unspecified atom stereocenters. The van der Waals surface area contributed by atoms with Gasteiger partial charge in [-0.3, -0.25) is 4.79 Å². The van der Waals surface area contributed by atoms with E-state index in [-0.39, 0.29) is 11.4 Å². The molecule has 0 aromatic heterocycles. The van der Waals surface area contributed by atoms with Crippen LogP contribution >= 0.6 is 0 Å². The van der Waals surface area contributed by atoms with Crippen LogP contribution in [0, 0.1) is 11.3 Å². The highest BCUT2D eigenvalue weighted by Gasteiger charge is 2.33. The lowest BCUT2D eigenvalue weighted by Crippen LogP contribution is -2.19. The lowest BCUT2D eigenvalue weighted by atomic mass is 10.1. The zero-order chi connectivity index (χ0) is 21.7. The van der Waals surface area contributed by atoms with Crippen molar-refractivity contribution in [1.82, 2.24) is 5.32 Å². The van der Waals surface area contributed by atoms with Crippen molar-refractivity contribution in [2.75, 3.05) is 5.32 Å². The van der Waals surface area contributed by atoms with Gasteiger partial charge in [0.2, 0.25) is 10.0 Å². The van der Waals surface area contributed by atoms with Crippen molar-refractivity contribution < 1.29 is 26.4 Å². The predicted octanol–water partition coefficient (Wildman–Crippen LogP) is 2.49. The topological polar surface area (TPSA) is 125 Å². The number of hydrogen-bond donors (Lipinski definition) is 3. The number of halogens is 3. The summed E-state index contributed by atoms with van der Waals surface area (Å²) >= 11 is 0. The first-order chi connectivity index (χ1) is 13.5. The van der Waals surface area contributed by atoms with Gasteiger partial charge in [0.25, 0.3) is 5.91 Å². The molecule has 0 radical (unpaired) electrons. The van der Waals surface area contributed by atoms with E-state index in [2.05, 4.69) is 10.6 Å². The first-order valence-corrected chi connectivity index (χ1v) is 9.50. The SMILES string of the molecule is N#C/C(=C/NCc1ccc(S(N)(=O)=O)cc1)C(=O)Nc1ccccc1C(F)(F)F. The molecule has 7 nitrogen and oxygen atoms in total. The van der Waals surface area contributed by atoms with Crippen LogP contribution in [0.4, 0.5) is 18.9 Å². The standard InChI is InChI=1S/C18H15F3N4O3S/c19-18(20,21)15-3-1-2-4-16(15)25-17(26)13(9-22)11-24-10-12-5-7-14(8-6-12)29(23,27)28/h1-8,11,24H,10H2,(H,25,26)(H2,23,27,28)/b13-11-. The Morgan fingerprint density at radius 2 is 1.76 bits per heavy atom. The van der Waals surface area contributed by atoms with Crippen LogP contribution in [0.3, 0.4) is 0 Å². The number of nitrogens with one attached hydrogen (secondary N) is 2. The molecule has 0 saturated heterocycles. The van der Waals surface area contributed by atoms with E-state index in [9.17, 15) is 26.4 Å². The fourth-order valence-corrected chi connectivity index (χ4v) is 2.76. The Labute approximate surface area is 164 Å². The molecule has 0 bridgehead atoms. The van der Waals surface area contributed by atoms with Gasteiger partial charge in [-0.25, -0.2) is 13.6 Å². The van der Waals surface area contributed by atoms with Gasteiger partial charge in [-0.2, -0.15) is 18.4 Å². The molecular formula is C18H15F3N4O3S. The normalized spacial score (nSPS) is 12.2. The number of benzene rings is 2. The minimum absolute atomic E-state index is 0.0720. The number of nitrogens with zero attached hydrogens (tertiary/aromatic N) is 1. The van der Waals surface area contributed by atoms with Gasteiger partial charge in [-0.15, -0.1) is 0 Å². The van der Waals surface area contributed by atoms with E-state index in [0.717, 1.165) is 18.3 Å². The zero-order valence-corrected chi connectivity index (χ0v) is 15.5. The summed E-state index contributed by atoms with van der Waals surface area (Å²) in [6, 6.07) is 11.5. The summed E-state index contributed by atoms with van der Waals surface area (Å²) in [5, 5.41) is 18.8. The largest absolute Gasteiger partial charge is 0.418 e.